The predicted octanol–water partition coefficient (Wildman–Crippen LogP) is 3.48. The number of ether oxygens (including phenoxy) is 1. The molecule has 0 aromatic carbocycles. The van der Waals surface area contributed by atoms with Crippen LogP contribution in [0.4, 0.5) is 0 Å². The van der Waals surface area contributed by atoms with Crippen molar-refractivity contribution in [3.63, 3.8) is 0 Å². The van der Waals surface area contributed by atoms with Gasteiger partial charge in [-0.25, -0.2) is 0 Å². The van der Waals surface area contributed by atoms with Crippen LogP contribution in [0.15, 0.2) is 16.8 Å². The molecule has 2 heterocycles. The first-order valence-electron chi connectivity index (χ1n) is 7.22. The normalized spacial score (nSPS) is 18.9. The Labute approximate surface area is 115 Å². The van der Waals surface area contributed by atoms with E-state index in [4.69, 9.17) is 4.74 Å². The predicted molar refractivity (Wildman–Crippen MR) is 78.3 cm³/mol. The maximum Gasteiger partial charge on any atom is 0.0469 e. The Morgan fingerprint density at radius 3 is 2.94 bits per heavy atom. The Morgan fingerprint density at radius 2 is 2.28 bits per heavy atom. The van der Waals surface area contributed by atoms with Crippen LogP contribution < -0.4 is 5.32 Å². The molecule has 1 fully saturated rings. The third kappa shape index (κ3) is 4.38. The van der Waals surface area contributed by atoms with Gasteiger partial charge in [-0.1, -0.05) is 6.92 Å². The van der Waals surface area contributed by atoms with Crippen molar-refractivity contribution in [2.75, 3.05) is 19.8 Å². The molecule has 0 radical (unpaired) electrons. The molecule has 1 unspecified atom stereocenters. The van der Waals surface area contributed by atoms with Crippen molar-refractivity contribution in [3.8, 4) is 0 Å². The molecule has 2 rings (SSSR count). The number of aryl methyl sites for hydroxylation is 1. The van der Waals surface area contributed by atoms with Gasteiger partial charge in [0.2, 0.25) is 0 Å². The standard InChI is InChI=1S/C15H25NOS/c1-2-8-16-15(14-5-9-17-10-6-14)4-3-13-7-11-18-12-13/h7,11-12,14-16H,2-6,8-10H2,1H3. The molecule has 0 bridgehead atoms. The van der Waals surface area contributed by atoms with Crippen molar-refractivity contribution in [2.45, 2.75) is 45.1 Å². The molecular formula is C15H25NOS. The number of thiophene rings is 1. The zero-order valence-electron chi connectivity index (χ0n) is 11.4. The van der Waals surface area contributed by atoms with Gasteiger partial charge in [-0.3, -0.25) is 0 Å². The van der Waals surface area contributed by atoms with Crippen molar-refractivity contribution in [2.24, 2.45) is 5.92 Å². The lowest BCUT2D eigenvalue weighted by Crippen LogP contribution is -2.39. The minimum Gasteiger partial charge on any atom is -0.381 e. The summed E-state index contributed by atoms with van der Waals surface area (Å²) < 4.78 is 5.48. The molecule has 0 spiro atoms. The summed E-state index contributed by atoms with van der Waals surface area (Å²) in [5.41, 5.74) is 1.50. The van der Waals surface area contributed by atoms with Gasteiger partial charge in [-0.2, -0.15) is 11.3 Å². The molecule has 18 heavy (non-hydrogen) atoms. The van der Waals surface area contributed by atoms with E-state index < -0.39 is 0 Å². The third-order valence-electron chi connectivity index (χ3n) is 3.82. The summed E-state index contributed by atoms with van der Waals surface area (Å²) in [6.45, 7) is 5.29. The lowest BCUT2D eigenvalue weighted by molar-refractivity contribution is 0.0526. The van der Waals surface area contributed by atoms with Crippen LogP contribution in [0.3, 0.4) is 0 Å². The Morgan fingerprint density at radius 1 is 1.44 bits per heavy atom. The fourth-order valence-electron chi connectivity index (χ4n) is 2.71. The molecule has 3 heteroatoms. The van der Waals surface area contributed by atoms with Crippen molar-refractivity contribution < 1.29 is 4.74 Å². The van der Waals surface area contributed by atoms with Crippen LogP contribution in [0.25, 0.3) is 0 Å². The van der Waals surface area contributed by atoms with E-state index in [1.54, 1.807) is 11.3 Å². The molecule has 1 atom stereocenters. The maximum atomic E-state index is 5.48. The van der Waals surface area contributed by atoms with Gasteiger partial charge in [0.15, 0.2) is 0 Å². The molecule has 1 saturated heterocycles. The number of hydrogen-bond donors (Lipinski definition) is 1. The van der Waals surface area contributed by atoms with Crippen molar-refractivity contribution >= 4 is 11.3 Å². The Kier molecular flexibility index (Phi) is 6.18. The summed E-state index contributed by atoms with van der Waals surface area (Å²) in [6, 6.07) is 2.93. The largest absolute Gasteiger partial charge is 0.381 e. The van der Waals surface area contributed by atoms with E-state index in [1.165, 1.54) is 37.7 Å². The minimum atomic E-state index is 0.675. The molecule has 102 valence electrons. The van der Waals surface area contributed by atoms with Crippen LogP contribution in [-0.2, 0) is 11.2 Å². The first-order valence-corrected chi connectivity index (χ1v) is 8.16. The topological polar surface area (TPSA) is 21.3 Å². The fraction of sp³-hybridized carbons (Fsp3) is 0.733. The maximum absolute atomic E-state index is 5.48. The van der Waals surface area contributed by atoms with Gasteiger partial charge >= 0.3 is 0 Å². The second-order valence-electron chi connectivity index (χ2n) is 5.18. The van der Waals surface area contributed by atoms with E-state index in [2.05, 4.69) is 29.1 Å². The number of nitrogens with one attached hydrogen (secondary N) is 1. The molecule has 1 aromatic rings. The Bertz CT molecular complexity index is 306. The van der Waals surface area contributed by atoms with Crippen LogP contribution in [0, 0.1) is 5.92 Å². The van der Waals surface area contributed by atoms with E-state index in [1.807, 2.05) is 0 Å². The summed E-state index contributed by atoms with van der Waals surface area (Å²) in [5, 5.41) is 8.21. The molecule has 2 nitrogen and oxygen atoms in total. The third-order valence-corrected chi connectivity index (χ3v) is 4.55. The van der Waals surface area contributed by atoms with Gasteiger partial charge in [0, 0.05) is 19.3 Å². The van der Waals surface area contributed by atoms with Gasteiger partial charge < -0.3 is 10.1 Å². The van der Waals surface area contributed by atoms with Crippen LogP contribution in [0.2, 0.25) is 0 Å². The molecule has 1 N–H and O–H groups in total. The first kappa shape index (κ1) is 14.0. The molecule has 1 aromatic heterocycles. The van der Waals surface area contributed by atoms with E-state index in [0.29, 0.717) is 6.04 Å². The number of rotatable bonds is 7. The second-order valence-corrected chi connectivity index (χ2v) is 5.96. The molecular weight excluding hydrogens is 242 g/mol. The van der Waals surface area contributed by atoms with Gasteiger partial charge in [-0.15, -0.1) is 0 Å². The van der Waals surface area contributed by atoms with Crippen LogP contribution in [0.5, 0.6) is 0 Å². The van der Waals surface area contributed by atoms with E-state index in [0.717, 1.165) is 25.7 Å². The monoisotopic (exact) mass is 267 g/mol. The van der Waals surface area contributed by atoms with Gasteiger partial charge in [0.25, 0.3) is 0 Å². The quantitative estimate of drug-likeness (QED) is 0.816. The van der Waals surface area contributed by atoms with Gasteiger partial charge in [0.1, 0.15) is 0 Å². The minimum absolute atomic E-state index is 0.675. The summed E-state index contributed by atoms with van der Waals surface area (Å²) in [6.07, 6.45) is 6.15. The average Bonchev–Trinajstić information content (AvgIpc) is 2.93. The Hall–Kier alpha value is -0.380. The van der Waals surface area contributed by atoms with E-state index in [-0.39, 0.29) is 0 Å². The van der Waals surface area contributed by atoms with Crippen LogP contribution >= 0.6 is 11.3 Å². The summed E-state index contributed by atoms with van der Waals surface area (Å²) in [4.78, 5) is 0. The number of hydrogen-bond acceptors (Lipinski definition) is 3. The smallest absolute Gasteiger partial charge is 0.0469 e. The van der Waals surface area contributed by atoms with Gasteiger partial charge in [-0.05, 0) is 67.0 Å². The summed E-state index contributed by atoms with van der Waals surface area (Å²) in [5.74, 6) is 0.809. The van der Waals surface area contributed by atoms with Crippen LogP contribution in [0.1, 0.15) is 38.2 Å². The first-order chi connectivity index (χ1) is 8.90. The fourth-order valence-corrected chi connectivity index (χ4v) is 3.41. The van der Waals surface area contributed by atoms with Crippen molar-refractivity contribution in [1.29, 1.82) is 0 Å². The Balaban J connectivity index is 1.83. The molecule has 0 aliphatic carbocycles. The van der Waals surface area contributed by atoms with Crippen molar-refractivity contribution in [1.82, 2.24) is 5.32 Å². The van der Waals surface area contributed by atoms with Crippen LogP contribution in [-0.4, -0.2) is 25.8 Å². The zero-order valence-corrected chi connectivity index (χ0v) is 12.2. The summed E-state index contributed by atoms with van der Waals surface area (Å²) in [7, 11) is 0. The zero-order chi connectivity index (χ0) is 12.6. The van der Waals surface area contributed by atoms with Crippen molar-refractivity contribution in [3.05, 3.63) is 22.4 Å². The lowest BCUT2D eigenvalue weighted by Gasteiger charge is -2.31. The lowest BCUT2D eigenvalue weighted by atomic mass is 9.88. The highest BCUT2D eigenvalue weighted by Crippen LogP contribution is 2.22. The second kappa shape index (κ2) is 7.93. The SMILES string of the molecule is CCCNC(CCc1ccsc1)C1CCOCC1. The molecule has 0 saturated carbocycles. The molecule has 0 amide bonds. The molecule has 1 aliphatic rings. The van der Waals surface area contributed by atoms with E-state index in [9.17, 15) is 0 Å². The summed E-state index contributed by atoms with van der Waals surface area (Å²) >= 11 is 1.80. The highest BCUT2D eigenvalue weighted by atomic mass is 32.1. The van der Waals surface area contributed by atoms with E-state index >= 15 is 0 Å². The van der Waals surface area contributed by atoms with Gasteiger partial charge in [0.05, 0.1) is 0 Å². The highest BCUT2D eigenvalue weighted by Gasteiger charge is 2.23. The highest BCUT2D eigenvalue weighted by molar-refractivity contribution is 7.07. The average molecular weight is 267 g/mol. The molecule has 1 aliphatic heterocycles.